The first-order valence-corrected chi connectivity index (χ1v) is 7.31. The minimum Gasteiger partial charge on any atom is -0.496 e. The lowest BCUT2D eigenvalue weighted by Gasteiger charge is -2.19. The number of hydrogen-bond acceptors (Lipinski definition) is 4. The predicted molar refractivity (Wildman–Crippen MR) is 89.0 cm³/mol. The summed E-state index contributed by atoms with van der Waals surface area (Å²) in [5, 5.41) is 0. The van der Waals surface area contributed by atoms with E-state index >= 15 is 0 Å². The molecule has 0 atom stereocenters. The van der Waals surface area contributed by atoms with E-state index in [4.69, 9.17) is 9.47 Å². The van der Waals surface area contributed by atoms with Gasteiger partial charge in [0, 0.05) is 11.1 Å². The van der Waals surface area contributed by atoms with Crippen LogP contribution in [0, 0.1) is 0 Å². The number of carbonyl (C=O) groups excluding carboxylic acids is 2. The lowest BCUT2D eigenvalue weighted by molar-refractivity contribution is 0.00695. The van der Waals surface area contributed by atoms with Crippen LogP contribution in [0.3, 0.4) is 0 Å². The number of aldehydes is 1. The lowest BCUT2D eigenvalue weighted by Crippen LogP contribution is -2.23. The molecule has 23 heavy (non-hydrogen) atoms. The zero-order chi connectivity index (χ0) is 17.0. The van der Waals surface area contributed by atoms with Crippen LogP contribution in [-0.4, -0.2) is 25.0 Å². The number of rotatable bonds is 4. The molecule has 0 unspecified atom stereocenters. The van der Waals surface area contributed by atoms with Gasteiger partial charge < -0.3 is 9.47 Å². The van der Waals surface area contributed by atoms with Gasteiger partial charge in [0.05, 0.1) is 12.7 Å². The van der Waals surface area contributed by atoms with Crippen molar-refractivity contribution in [2.75, 3.05) is 7.11 Å². The van der Waals surface area contributed by atoms with Gasteiger partial charge in [-0.2, -0.15) is 0 Å². The number of hydrogen-bond donors (Lipinski definition) is 0. The summed E-state index contributed by atoms with van der Waals surface area (Å²) < 4.78 is 10.7. The zero-order valence-corrected chi connectivity index (χ0v) is 13.8. The second-order valence-corrected chi connectivity index (χ2v) is 6.16. The van der Waals surface area contributed by atoms with Crippen molar-refractivity contribution >= 4 is 12.3 Å². The van der Waals surface area contributed by atoms with Crippen molar-refractivity contribution in [1.29, 1.82) is 0 Å². The lowest BCUT2D eigenvalue weighted by atomic mass is 10.0. The maximum absolute atomic E-state index is 12.0. The topological polar surface area (TPSA) is 52.6 Å². The van der Waals surface area contributed by atoms with E-state index < -0.39 is 5.60 Å². The van der Waals surface area contributed by atoms with Gasteiger partial charge in [0.2, 0.25) is 0 Å². The standard InChI is InChI=1S/C19H20O4/c1-19(2,3)23-18(21)15-8-6-14(7-9-15)16-11-13(12-20)5-10-17(16)22-4/h5-12H,1-4H3. The van der Waals surface area contributed by atoms with Crippen LogP contribution in [0.25, 0.3) is 11.1 Å². The molecule has 0 fully saturated rings. The van der Waals surface area contributed by atoms with E-state index in [9.17, 15) is 9.59 Å². The molecular weight excluding hydrogens is 292 g/mol. The minimum absolute atomic E-state index is 0.363. The second-order valence-electron chi connectivity index (χ2n) is 6.16. The average molecular weight is 312 g/mol. The molecular formula is C19H20O4. The fourth-order valence-electron chi connectivity index (χ4n) is 2.15. The van der Waals surface area contributed by atoms with Gasteiger partial charge in [-0.25, -0.2) is 4.79 Å². The maximum Gasteiger partial charge on any atom is 0.338 e. The molecule has 0 aliphatic heterocycles. The molecule has 4 heteroatoms. The van der Waals surface area contributed by atoms with Gasteiger partial charge in [-0.3, -0.25) is 4.79 Å². The summed E-state index contributed by atoms with van der Waals surface area (Å²) in [6.45, 7) is 5.49. The molecule has 0 saturated carbocycles. The van der Waals surface area contributed by atoms with Crippen molar-refractivity contribution in [2.45, 2.75) is 26.4 Å². The van der Waals surface area contributed by atoms with Gasteiger partial charge in [-0.15, -0.1) is 0 Å². The summed E-state index contributed by atoms with van der Waals surface area (Å²) in [6, 6.07) is 12.2. The van der Waals surface area contributed by atoms with Crippen molar-refractivity contribution in [3.8, 4) is 16.9 Å². The molecule has 0 saturated heterocycles. The van der Waals surface area contributed by atoms with Crippen LogP contribution >= 0.6 is 0 Å². The number of ether oxygens (including phenoxy) is 2. The van der Waals surface area contributed by atoms with Crippen LogP contribution in [0.1, 0.15) is 41.5 Å². The average Bonchev–Trinajstić information content (AvgIpc) is 2.52. The molecule has 0 N–H and O–H groups in total. The molecule has 0 heterocycles. The van der Waals surface area contributed by atoms with Gasteiger partial charge in [0.1, 0.15) is 17.6 Å². The fraction of sp³-hybridized carbons (Fsp3) is 0.263. The Labute approximate surface area is 136 Å². The number of carbonyl (C=O) groups is 2. The van der Waals surface area contributed by atoms with E-state index in [-0.39, 0.29) is 5.97 Å². The molecule has 0 radical (unpaired) electrons. The van der Waals surface area contributed by atoms with E-state index in [0.717, 1.165) is 17.4 Å². The van der Waals surface area contributed by atoms with Crippen molar-refractivity contribution < 1.29 is 19.1 Å². The van der Waals surface area contributed by atoms with Gasteiger partial charge in [0.15, 0.2) is 0 Å². The van der Waals surface area contributed by atoms with E-state index in [1.165, 1.54) is 0 Å². The van der Waals surface area contributed by atoms with E-state index in [0.29, 0.717) is 16.9 Å². The molecule has 0 spiro atoms. The Morgan fingerprint density at radius 1 is 1.04 bits per heavy atom. The van der Waals surface area contributed by atoms with Crippen LogP contribution < -0.4 is 4.74 Å². The Bertz CT molecular complexity index is 709. The molecule has 4 nitrogen and oxygen atoms in total. The van der Waals surface area contributed by atoms with Crippen LogP contribution in [0.5, 0.6) is 5.75 Å². The molecule has 2 rings (SSSR count). The van der Waals surface area contributed by atoms with Crippen molar-refractivity contribution in [3.63, 3.8) is 0 Å². The third-order valence-corrected chi connectivity index (χ3v) is 3.19. The summed E-state index contributed by atoms with van der Waals surface area (Å²) in [5.41, 5.74) is 2.17. The highest BCUT2D eigenvalue weighted by Gasteiger charge is 2.18. The molecule has 0 aliphatic rings. The summed E-state index contributed by atoms with van der Waals surface area (Å²) in [4.78, 5) is 23.0. The highest BCUT2D eigenvalue weighted by molar-refractivity contribution is 5.90. The molecule has 120 valence electrons. The Balaban J connectivity index is 2.33. The highest BCUT2D eigenvalue weighted by Crippen LogP contribution is 2.31. The van der Waals surface area contributed by atoms with Crippen molar-refractivity contribution in [3.05, 3.63) is 53.6 Å². The molecule has 0 amide bonds. The maximum atomic E-state index is 12.0. The Kier molecular flexibility index (Phi) is 4.84. The van der Waals surface area contributed by atoms with Gasteiger partial charge in [0.25, 0.3) is 0 Å². The summed E-state index contributed by atoms with van der Waals surface area (Å²) in [5.74, 6) is 0.304. The van der Waals surface area contributed by atoms with Gasteiger partial charge in [-0.1, -0.05) is 12.1 Å². The third-order valence-electron chi connectivity index (χ3n) is 3.19. The minimum atomic E-state index is -0.530. The zero-order valence-electron chi connectivity index (χ0n) is 13.8. The Morgan fingerprint density at radius 2 is 1.70 bits per heavy atom. The summed E-state index contributed by atoms with van der Waals surface area (Å²) >= 11 is 0. The highest BCUT2D eigenvalue weighted by atomic mass is 16.6. The molecule has 2 aromatic carbocycles. The molecule has 2 aromatic rings. The molecule has 0 bridgehead atoms. The van der Waals surface area contributed by atoms with E-state index in [2.05, 4.69) is 0 Å². The molecule has 0 aromatic heterocycles. The van der Waals surface area contributed by atoms with E-state index in [1.54, 1.807) is 37.4 Å². The van der Waals surface area contributed by atoms with Crippen LogP contribution in [0.4, 0.5) is 0 Å². The largest absolute Gasteiger partial charge is 0.496 e. The smallest absolute Gasteiger partial charge is 0.338 e. The van der Waals surface area contributed by atoms with Crippen molar-refractivity contribution in [2.24, 2.45) is 0 Å². The van der Waals surface area contributed by atoms with Gasteiger partial charge >= 0.3 is 5.97 Å². The number of benzene rings is 2. The quantitative estimate of drug-likeness (QED) is 0.629. The Hall–Kier alpha value is -2.62. The third kappa shape index (κ3) is 4.19. The second kappa shape index (κ2) is 6.65. The number of methoxy groups -OCH3 is 1. The first-order valence-electron chi connectivity index (χ1n) is 7.31. The van der Waals surface area contributed by atoms with Crippen molar-refractivity contribution in [1.82, 2.24) is 0 Å². The SMILES string of the molecule is COc1ccc(C=O)cc1-c1ccc(C(=O)OC(C)(C)C)cc1. The fourth-order valence-corrected chi connectivity index (χ4v) is 2.15. The van der Waals surface area contributed by atoms with Gasteiger partial charge in [-0.05, 0) is 56.7 Å². The normalized spacial score (nSPS) is 11.0. The van der Waals surface area contributed by atoms with Crippen LogP contribution in [-0.2, 0) is 4.74 Å². The summed E-state index contributed by atoms with van der Waals surface area (Å²) in [6.07, 6.45) is 0.790. The monoisotopic (exact) mass is 312 g/mol. The van der Waals surface area contributed by atoms with E-state index in [1.807, 2.05) is 32.9 Å². The summed E-state index contributed by atoms with van der Waals surface area (Å²) in [7, 11) is 1.58. The van der Waals surface area contributed by atoms with Crippen LogP contribution in [0.15, 0.2) is 42.5 Å². The predicted octanol–water partition coefficient (Wildman–Crippen LogP) is 4.13. The Morgan fingerprint density at radius 3 is 2.22 bits per heavy atom. The first kappa shape index (κ1) is 16.7. The first-order chi connectivity index (χ1) is 10.8. The van der Waals surface area contributed by atoms with Crippen LogP contribution in [0.2, 0.25) is 0 Å². The number of esters is 1. The molecule has 0 aliphatic carbocycles.